The fourth-order valence-corrected chi connectivity index (χ4v) is 3.61. The van der Waals surface area contributed by atoms with Crippen molar-refractivity contribution in [1.82, 2.24) is 9.80 Å². The molecule has 0 amide bonds. The van der Waals surface area contributed by atoms with Crippen LogP contribution in [0.3, 0.4) is 0 Å². The van der Waals surface area contributed by atoms with Crippen molar-refractivity contribution in [3.8, 4) is 5.75 Å². The van der Waals surface area contributed by atoms with Gasteiger partial charge < -0.3 is 14.5 Å². The molecule has 2 aliphatic heterocycles. The van der Waals surface area contributed by atoms with E-state index in [1.165, 1.54) is 64.1 Å². The van der Waals surface area contributed by atoms with Gasteiger partial charge in [-0.05, 0) is 51.0 Å². The number of hydrogen-bond acceptors (Lipinski definition) is 4. The number of likely N-dealkylation sites (tertiary alicyclic amines) is 1. The normalized spacial score (nSPS) is 19.8. The second-order valence-electron chi connectivity index (χ2n) is 7.74. The minimum Gasteiger partial charge on any atom is -0.497 e. The molecule has 0 radical (unpaired) electrons. The summed E-state index contributed by atoms with van der Waals surface area (Å²) in [4.78, 5) is 7.59. The third-order valence-electron chi connectivity index (χ3n) is 5.65. The van der Waals surface area contributed by atoms with Gasteiger partial charge in [-0.25, -0.2) is 0 Å². The maximum atomic E-state index is 5.33. The van der Waals surface area contributed by atoms with Crippen LogP contribution in [-0.2, 0) is 0 Å². The van der Waals surface area contributed by atoms with Crippen LogP contribution in [0.2, 0.25) is 0 Å². The predicted molar refractivity (Wildman–Crippen MR) is 112 cm³/mol. The highest BCUT2D eigenvalue weighted by Crippen LogP contribution is 2.23. The van der Waals surface area contributed by atoms with E-state index in [2.05, 4.69) is 53.8 Å². The number of hydrogen-bond donors (Lipinski definition) is 0. The van der Waals surface area contributed by atoms with Gasteiger partial charge in [0.05, 0.1) is 7.11 Å². The number of rotatable bonds is 5. The molecule has 2 heterocycles. The van der Waals surface area contributed by atoms with Gasteiger partial charge in [-0.3, -0.25) is 4.90 Å². The molecule has 148 valence electrons. The lowest BCUT2D eigenvalue weighted by atomic mass is 9.96. The molecule has 1 aromatic rings. The van der Waals surface area contributed by atoms with Crippen LogP contribution in [0.5, 0.6) is 5.75 Å². The molecule has 2 fully saturated rings. The molecule has 0 unspecified atom stereocenters. The molecular formula is C22H39N3O. The third-order valence-corrected chi connectivity index (χ3v) is 5.65. The zero-order valence-electron chi connectivity index (χ0n) is 17.4. The van der Waals surface area contributed by atoms with E-state index in [1.807, 2.05) is 6.07 Å². The van der Waals surface area contributed by atoms with Crippen LogP contribution in [0.1, 0.15) is 39.5 Å². The summed E-state index contributed by atoms with van der Waals surface area (Å²) in [5.41, 5.74) is 1.29. The van der Waals surface area contributed by atoms with E-state index in [-0.39, 0.29) is 0 Å². The molecule has 3 rings (SSSR count). The first kappa shape index (κ1) is 21.0. The van der Waals surface area contributed by atoms with Gasteiger partial charge in [0.25, 0.3) is 0 Å². The van der Waals surface area contributed by atoms with Gasteiger partial charge in [0, 0.05) is 44.5 Å². The highest BCUT2D eigenvalue weighted by molar-refractivity contribution is 5.51. The highest BCUT2D eigenvalue weighted by Gasteiger charge is 2.22. The maximum absolute atomic E-state index is 5.33. The first-order chi connectivity index (χ1) is 12.7. The minimum atomic E-state index is 0.902. The van der Waals surface area contributed by atoms with Crippen LogP contribution in [0.4, 0.5) is 5.69 Å². The monoisotopic (exact) mass is 361 g/mol. The Morgan fingerprint density at radius 1 is 0.962 bits per heavy atom. The standard InChI is InChI=1S/C18H29N3O.C4H10/c1-19-8-6-16(7-9-19)15-20-10-12-21(13-11-20)17-4-3-5-18(14-17)22-2;1-3-4-2/h3-5,14,16H,6-13,15H2,1-2H3;3-4H2,1-2H3. The Balaban J connectivity index is 0.000000552. The summed E-state index contributed by atoms with van der Waals surface area (Å²) in [6, 6.07) is 8.43. The van der Waals surface area contributed by atoms with Gasteiger partial charge in [-0.15, -0.1) is 0 Å². The molecule has 2 aliphatic rings. The van der Waals surface area contributed by atoms with E-state index in [1.54, 1.807) is 7.11 Å². The van der Waals surface area contributed by atoms with Gasteiger partial charge in [0.2, 0.25) is 0 Å². The lowest BCUT2D eigenvalue weighted by molar-refractivity contribution is 0.155. The van der Waals surface area contributed by atoms with Crippen molar-refractivity contribution in [1.29, 1.82) is 0 Å². The Hall–Kier alpha value is -1.26. The van der Waals surface area contributed by atoms with Crippen molar-refractivity contribution in [3.05, 3.63) is 24.3 Å². The Morgan fingerprint density at radius 3 is 2.19 bits per heavy atom. The Labute approximate surface area is 161 Å². The average molecular weight is 362 g/mol. The molecule has 0 spiro atoms. The van der Waals surface area contributed by atoms with Crippen molar-refractivity contribution >= 4 is 5.69 Å². The second-order valence-corrected chi connectivity index (χ2v) is 7.74. The molecule has 0 saturated carbocycles. The van der Waals surface area contributed by atoms with Gasteiger partial charge in [-0.1, -0.05) is 32.8 Å². The molecule has 4 heteroatoms. The maximum Gasteiger partial charge on any atom is 0.120 e. The number of piperidine rings is 1. The summed E-state index contributed by atoms with van der Waals surface area (Å²) in [6.07, 6.45) is 5.37. The van der Waals surface area contributed by atoms with Crippen LogP contribution in [0, 0.1) is 5.92 Å². The zero-order valence-corrected chi connectivity index (χ0v) is 17.4. The summed E-state index contributed by atoms with van der Waals surface area (Å²) < 4.78 is 5.33. The number of methoxy groups -OCH3 is 1. The summed E-state index contributed by atoms with van der Waals surface area (Å²) in [7, 11) is 3.97. The van der Waals surface area contributed by atoms with E-state index < -0.39 is 0 Å². The largest absolute Gasteiger partial charge is 0.497 e. The van der Waals surface area contributed by atoms with Gasteiger partial charge in [0.15, 0.2) is 0 Å². The van der Waals surface area contributed by atoms with E-state index >= 15 is 0 Å². The summed E-state index contributed by atoms with van der Waals surface area (Å²) >= 11 is 0. The van der Waals surface area contributed by atoms with E-state index in [0.29, 0.717) is 0 Å². The van der Waals surface area contributed by atoms with Crippen LogP contribution in [0.15, 0.2) is 24.3 Å². The molecular weight excluding hydrogens is 322 g/mol. The van der Waals surface area contributed by atoms with E-state index in [0.717, 1.165) is 24.8 Å². The number of benzene rings is 1. The van der Waals surface area contributed by atoms with Crippen molar-refractivity contribution in [2.45, 2.75) is 39.5 Å². The topological polar surface area (TPSA) is 19.0 Å². The molecule has 4 nitrogen and oxygen atoms in total. The first-order valence-electron chi connectivity index (χ1n) is 10.5. The summed E-state index contributed by atoms with van der Waals surface area (Å²) in [6.45, 7) is 12.8. The smallest absolute Gasteiger partial charge is 0.120 e. The lowest BCUT2D eigenvalue weighted by Crippen LogP contribution is -2.48. The van der Waals surface area contributed by atoms with Gasteiger partial charge in [-0.2, -0.15) is 0 Å². The number of piperazine rings is 1. The van der Waals surface area contributed by atoms with Crippen LogP contribution in [0.25, 0.3) is 0 Å². The highest BCUT2D eigenvalue weighted by atomic mass is 16.5. The zero-order chi connectivity index (χ0) is 18.8. The Bertz CT molecular complexity index is 490. The fourth-order valence-electron chi connectivity index (χ4n) is 3.61. The van der Waals surface area contributed by atoms with Gasteiger partial charge in [0.1, 0.15) is 5.75 Å². The molecule has 1 aromatic carbocycles. The van der Waals surface area contributed by atoms with Crippen LogP contribution >= 0.6 is 0 Å². The molecule has 0 N–H and O–H groups in total. The summed E-state index contributed by atoms with van der Waals surface area (Å²) in [5, 5.41) is 0. The molecule has 0 aliphatic carbocycles. The Morgan fingerprint density at radius 2 is 1.62 bits per heavy atom. The van der Waals surface area contributed by atoms with Crippen LogP contribution in [-0.4, -0.2) is 69.8 Å². The number of anilines is 1. The first-order valence-corrected chi connectivity index (χ1v) is 10.5. The molecule has 2 saturated heterocycles. The lowest BCUT2D eigenvalue weighted by Gasteiger charge is -2.39. The quantitative estimate of drug-likeness (QED) is 0.790. The average Bonchev–Trinajstić information content (AvgIpc) is 2.70. The number of nitrogens with zero attached hydrogens (tertiary/aromatic N) is 3. The number of ether oxygens (including phenoxy) is 1. The molecule has 0 bridgehead atoms. The SMILES string of the molecule is CCCC.COc1cccc(N2CCN(CC3CCN(C)CC3)CC2)c1. The van der Waals surface area contributed by atoms with Crippen molar-refractivity contribution in [2.75, 3.05) is 64.9 Å². The number of unbranched alkanes of at least 4 members (excludes halogenated alkanes) is 1. The van der Waals surface area contributed by atoms with Gasteiger partial charge >= 0.3 is 0 Å². The van der Waals surface area contributed by atoms with Crippen molar-refractivity contribution < 1.29 is 4.74 Å². The van der Waals surface area contributed by atoms with Crippen molar-refractivity contribution in [2.24, 2.45) is 5.92 Å². The minimum absolute atomic E-state index is 0.902. The van der Waals surface area contributed by atoms with Crippen LogP contribution < -0.4 is 9.64 Å². The van der Waals surface area contributed by atoms with E-state index in [4.69, 9.17) is 4.74 Å². The molecule has 0 atom stereocenters. The third kappa shape index (κ3) is 6.81. The summed E-state index contributed by atoms with van der Waals surface area (Å²) in [5.74, 6) is 1.85. The second kappa shape index (κ2) is 11.5. The Kier molecular flexibility index (Phi) is 9.27. The molecule has 26 heavy (non-hydrogen) atoms. The van der Waals surface area contributed by atoms with E-state index in [9.17, 15) is 0 Å². The fraction of sp³-hybridized carbons (Fsp3) is 0.727. The predicted octanol–water partition coefficient (Wildman–Crippen LogP) is 3.97. The van der Waals surface area contributed by atoms with Crippen molar-refractivity contribution in [3.63, 3.8) is 0 Å². The molecule has 0 aromatic heterocycles.